The van der Waals surface area contributed by atoms with E-state index >= 15 is 0 Å². The van der Waals surface area contributed by atoms with E-state index in [1.54, 1.807) is 10.9 Å². The fraction of sp³-hybridized carbons (Fsp3) is 0. The Morgan fingerprint density at radius 2 is 1.75 bits per heavy atom. The standard InChI is InChI=1S/C19H12ClFN2O/c20-15-3-1-2-13(8-15)12-4-6-16(7-5-12)23-18-10-19(24)17(21)9-14(18)11-22-23/h1-11,24H. The highest BCUT2D eigenvalue weighted by Crippen LogP contribution is 2.27. The fourth-order valence-corrected chi connectivity index (χ4v) is 2.89. The van der Waals surface area contributed by atoms with Gasteiger partial charge in [0.1, 0.15) is 0 Å². The van der Waals surface area contributed by atoms with Crippen LogP contribution in [0, 0.1) is 5.82 Å². The van der Waals surface area contributed by atoms with E-state index in [1.165, 1.54) is 12.1 Å². The number of fused-ring (bicyclic) bond motifs is 1. The van der Waals surface area contributed by atoms with E-state index in [-0.39, 0.29) is 5.75 Å². The number of phenolic OH excluding ortho intramolecular Hbond substituents is 1. The van der Waals surface area contributed by atoms with Crippen LogP contribution in [0.2, 0.25) is 5.02 Å². The van der Waals surface area contributed by atoms with Crippen molar-refractivity contribution in [3.8, 4) is 22.6 Å². The van der Waals surface area contributed by atoms with Crippen LogP contribution in [0.5, 0.6) is 5.75 Å². The molecule has 1 aromatic heterocycles. The average molecular weight is 339 g/mol. The van der Waals surface area contributed by atoms with Crippen molar-refractivity contribution in [2.24, 2.45) is 0 Å². The van der Waals surface area contributed by atoms with Crippen LogP contribution in [-0.2, 0) is 0 Å². The van der Waals surface area contributed by atoms with Crippen LogP contribution in [-0.4, -0.2) is 14.9 Å². The third-order valence-corrected chi connectivity index (χ3v) is 4.14. The van der Waals surface area contributed by atoms with Crippen LogP contribution < -0.4 is 0 Å². The molecular formula is C19H12ClFN2O. The van der Waals surface area contributed by atoms with Crippen LogP contribution in [0.15, 0.2) is 66.9 Å². The topological polar surface area (TPSA) is 38.1 Å². The zero-order valence-electron chi connectivity index (χ0n) is 12.4. The van der Waals surface area contributed by atoms with Crippen LogP contribution in [0.1, 0.15) is 0 Å². The molecule has 0 aliphatic heterocycles. The van der Waals surface area contributed by atoms with Gasteiger partial charge in [-0.2, -0.15) is 5.10 Å². The van der Waals surface area contributed by atoms with Crippen LogP contribution in [0.25, 0.3) is 27.7 Å². The molecule has 24 heavy (non-hydrogen) atoms. The third kappa shape index (κ3) is 2.51. The maximum atomic E-state index is 13.4. The Bertz CT molecular complexity index is 1040. The zero-order valence-corrected chi connectivity index (χ0v) is 13.2. The van der Waals surface area contributed by atoms with Crippen molar-refractivity contribution in [2.45, 2.75) is 0 Å². The third-order valence-electron chi connectivity index (χ3n) is 3.91. The molecule has 0 bridgehead atoms. The van der Waals surface area contributed by atoms with Gasteiger partial charge in [0, 0.05) is 16.5 Å². The first-order valence-electron chi connectivity index (χ1n) is 7.34. The molecule has 0 atom stereocenters. The van der Waals surface area contributed by atoms with Gasteiger partial charge in [-0.1, -0.05) is 35.9 Å². The Hall–Kier alpha value is -2.85. The van der Waals surface area contributed by atoms with Crippen molar-refractivity contribution in [1.82, 2.24) is 9.78 Å². The summed E-state index contributed by atoms with van der Waals surface area (Å²) in [6.45, 7) is 0. The van der Waals surface area contributed by atoms with Gasteiger partial charge in [0.2, 0.25) is 0 Å². The van der Waals surface area contributed by atoms with Crippen molar-refractivity contribution in [3.63, 3.8) is 0 Å². The second kappa shape index (κ2) is 5.65. The van der Waals surface area contributed by atoms with Gasteiger partial charge >= 0.3 is 0 Å². The summed E-state index contributed by atoms with van der Waals surface area (Å²) in [6.07, 6.45) is 1.57. The number of rotatable bonds is 2. The van der Waals surface area contributed by atoms with E-state index < -0.39 is 5.82 Å². The molecule has 0 saturated heterocycles. The summed E-state index contributed by atoms with van der Waals surface area (Å²) in [6, 6.07) is 18.1. The van der Waals surface area contributed by atoms with Gasteiger partial charge in [0.25, 0.3) is 0 Å². The fourth-order valence-electron chi connectivity index (χ4n) is 2.70. The number of hydrogen-bond donors (Lipinski definition) is 1. The summed E-state index contributed by atoms with van der Waals surface area (Å²) in [5.74, 6) is -1.04. The first-order valence-corrected chi connectivity index (χ1v) is 7.72. The van der Waals surface area contributed by atoms with E-state index in [0.717, 1.165) is 16.8 Å². The molecule has 4 rings (SSSR count). The van der Waals surface area contributed by atoms with Crippen molar-refractivity contribution >= 4 is 22.5 Å². The predicted molar refractivity (Wildman–Crippen MR) is 93.1 cm³/mol. The minimum Gasteiger partial charge on any atom is -0.505 e. The monoisotopic (exact) mass is 338 g/mol. The van der Waals surface area contributed by atoms with E-state index in [2.05, 4.69) is 5.10 Å². The van der Waals surface area contributed by atoms with Gasteiger partial charge < -0.3 is 5.11 Å². The molecule has 0 radical (unpaired) electrons. The number of aromatic hydroxyl groups is 1. The molecular weight excluding hydrogens is 327 g/mol. The highest BCUT2D eigenvalue weighted by atomic mass is 35.5. The van der Waals surface area contributed by atoms with Crippen molar-refractivity contribution in [3.05, 3.63) is 77.7 Å². The number of benzene rings is 3. The lowest BCUT2D eigenvalue weighted by molar-refractivity contribution is 0.433. The molecule has 0 saturated carbocycles. The first kappa shape index (κ1) is 14.7. The molecule has 3 nitrogen and oxygen atoms in total. The van der Waals surface area contributed by atoms with E-state index in [9.17, 15) is 9.50 Å². The number of hydrogen-bond acceptors (Lipinski definition) is 2. The molecule has 0 spiro atoms. The van der Waals surface area contributed by atoms with Crippen LogP contribution in [0.4, 0.5) is 4.39 Å². The summed E-state index contributed by atoms with van der Waals surface area (Å²) in [5.41, 5.74) is 3.52. The largest absolute Gasteiger partial charge is 0.505 e. The lowest BCUT2D eigenvalue weighted by Gasteiger charge is -2.07. The van der Waals surface area contributed by atoms with Crippen molar-refractivity contribution < 1.29 is 9.50 Å². The Balaban J connectivity index is 1.77. The summed E-state index contributed by atoms with van der Waals surface area (Å²) < 4.78 is 15.1. The van der Waals surface area contributed by atoms with Crippen LogP contribution in [0.3, 0.4) is 0 Å². The minimum atomic E-state index is -0.654. The zero-order chi connectivity index (χ0) is 16.7. The molecule has 1 N–H and O–H groups in total. The lowest BCUT2D eigenvalue weighted by atomic mass is 10.1. The summed E-state index contributed by atoms with van der Waals surface area (Å²) in [7, 11) is 0. The predicted octanol–water partition coefficient (Wildman–Crippen LogP) is 5.19. The number of nitrogens with zero attached hydrogens (tertiary/aromatic N) is 2. The van der Waals surface area contributed by atoms with Gasteiger partial charge in [-0.15, -0.1) is 0 Å². The number of halogens is 2. The van der Waals surface area contributed by atoms with Gasteiger partial charge in [-0.25, -0.2) is 9.07 Å². The normalized spacial score (nSPS) is 11.1. The average Bonchev–Trinajstić information content (AvgIpc) is 2.98. The smallest absolute Gasteiger partial charge is 0.165 e. The summed E-state index contributed by atoms with van der Waals surface area (Å²) in [4.78, 5) is 0. The first-order chi connectivity index (χ1) is 11.6. The summed E-state index contributed by atoms with van der Waals surface area (Å²) in [5, 5.41) is 15.2. The Morgan fingerprint density at radius 3 is 2.50 bits per heavy atom. The Labute approximate surface area is 142 Å². The maximum Gasteiger partial charge on any atom is 0.165 e. The Morgan fingerprint density at radius 1 is 0.958 bits per heavy atom. The Kier molecular flexibility index (Phi) is 3.47. The van der Waals surface area contributed by atoms with E-state index in [1.807, 2.05) is 48.5 Å². The molecule has 5 heteroatoms. The second-order valence-electron chi connectivity index (χ2n) is 5.48. The highest BCUT2D eigenvalue weighted by molar-refractivity contribution is 6.30. The molecule has 0 unspecified atom stereocenters. The molecule has 0 amide bonds. The molecule has 0 aliphatic rings. The second-order valence-corrected chi connectivity index (χ2v) is 5.91. The molecule has 4 aromatic rings. The van der Waals surface area contributed by atoms with Gasteiger partial charge in [0.05, 0.1) is 17.4 Å². The molecule has 0 fully saturated rings. The van der Waals surface area contributed by atoms with Crippen molar-refractivity contribution in [1.29, 1.82) is 0 Å². The van der Waals surface area contributed by atoms with Crippen molar-refractivity contribution in [2.75, 3.05) is 0 Å². The summed E-state index contributed by atoms with van der Waals surface area (Å²) >= 11 is 6.03. The van der Waals surface area contributed by atoms with E-state index in [4.69, 9.17) is 11.6 Å². The van der Waals surface area contributed by atoms with Crippen LogP contribution >= 0.6 is 11.6 Å². The number of aromatic nitrogens is 2. The quantitative estimate of drug-likeness (QED) is 0.546. The molecule has 118 valence electrons. The lowest BCUT2D eigenvalue weighted by Crippen LogP contribution is -1.95. The molecule has 3 aromatic carbocycles. The maximum absolute atomic E-state index is 13.4. The molecule has 1 heterocycles. The van der Waals surface area contributed by atoms with Gasteiger partial charge in [0.15, 0.2) is 11.6 Å². The number of phenols is 1. The highest BCUT2D eigenvalue weighted by Gasteiger charge is 2.10. The van der Waals surface area contributed by atoms with Gasteiger partial charge in [-0.05, 0) is 41.5 Å². The SMILES string of the molecule is Oc1cc2c(cnn2-c2ccc(-c3cccc(Cl)c3)cc2)cc1F. The molecule has 0 aliphatic carbocycles. The van der Waals surface area contributed by atoms with Gasteiger partial charge in [-0.3, -0.25) is 0 Å². The minimum absolute atomic E-state index is 0.389. The van der Waals surface area contributed by atoms with E-state index in [0.29, 0.717) is 15.9 Å².